The summed E-state index contributed by atoms with van der Waals surface area (Å²) in [6, 6.07) is 38.7. The second kappa shape index (κ2) is 19.2. The second-order valence-electron chi connectivity index (χ2n) is 12.6. The number of nitrogens with one attached hydrogen (secondary N) is 3. The number of carbonyl (C=O) groups is 4. The molecular weight excluding hydrogens is 734 g/mol. The summed E-state index contributed by atoms with van der Waals surface area (Å²) in [6.45, 7) is 1.16. The third kappa shape index (κ3) is 10.1. The molecule has 1 heterocycles. The first kappa shape index (κ1) is 39.9. The summed E-state index contributed by atoms with van der Waals surface area (Å²) in [5.74, 6) is -0.534. The summed E-state index contributed by atoms with van der Waals surface area (Å²) < 4.78 is 34.1. The van der Waals surface area contributed by atoms with E-state index >= 15 is 0 Å². The van der Waals surface area contributed by atoms with Gasteiger partial charge in [-0.3, -0.25) is 16.0 Å². The highest BCUT2D eigenvalue weighted by Gasteiger charge is 2.53. The van der Waals surface area contributed by atoms with Gasteiger partial charge in [-0.2, -0.15) is 0 Å². The smallest absolute Gasteiger partial charge is 0.412 e. The van der Waals surface area contributed by atoms with Crippen molar-refractivity contribution >= 4 is 41.3 Å². The first-order valence-corrected chi connectivity index (χ1v) is 18.1. The highest BCUT2D eigenvalue weighted by atomic mass is 16.7. The Balaban J connectivity index is 1.28. The first-order chi connectivity index (χ1) is 27.8. The van der Waals surface area contributed by atoms with Crippen LogP contribution < -0.4 is 16.0 Å². The summed E-state index contributed by atoms with van der Waals surface area (Å²) in [5, 5.41) is 18.5. The van der Waals surface area contributed by atoms with Crippen molar-refractivity contribution in [2.24, 2.45) is 0 Å². The standard InChI is InChI=1S/C43H41N3O11/c1-3-53-39(48)29-22-24-30(25-23-29)44-41(49)55-36-35(26-47)54-40(52-2)38(57-43(51)46-34-21-13-11-19-32(34)28-16-8-5-9-17-28)37(36)56-42(50)45-33-20-12-10-18-31(33)27-14-6-4-7-15-27/h4-25,35-38,40,47H,3,26H2,1-2H3,(H,44,49)(H,45,50)(H,46,51)/t35-,36-,37+,38+,40+/m1/s1. The number of carbonyl (C=O) groups excluding carboxylic acids is 4. The fraction of sp³-hybridized carbons (Fsp3) is 0.209. The summed E-state index contributed by atoms with van der Waals surface area (Å²) >= 11 is 0. The van der Waals surface area contributed by atoms with Crippen LogP contribution in [0, 0.1) is 0 Å². The molecule has 1 aliphatic heterocycles. The lowest BCUT2D eigenvalue weighted by Gasteiger charge is -2.43. The molecule has 294 valence electrons. The second-order valence-corrected chi connectivity index (χ2v) is 12.6. The number of aliphatic hydroxyl groups is 1. The van der Waals surface area contributed by atoms with Crippen LogP contribution in [0.2, 0.25) is 0 Å². The van der Waals surface area contributed by atoms with Gasteiger partial charge in [0, 0.05) is 23.9 Å². The summed E-state index contributed by atoms with van der Waals surface area (Å²) in [7, 11) is 1.28. The maximum Gasteiger partial charge on any atom is 0.412 e. The van der Waals surface area contributed by atoms with E-state index in [2.05, 4.69) is 16.0 Å². The fourth-order valence-corrected chi connectivity index (χ4v) is 6.24. The zero-order valence-electron chi connectivity index (χ0n) is 31.0. The molecule has 0 aliphatic carbocycles. The number of aliphatic hydroxyl groups excluding tert-OH is 1. The fourth-order valence-electron chi connectivity index (χ4n) is 6.24. The van der Waals surface area contributed by atoms with Crippen molar-refractivity contribution in [3.63, 3.8) is 0 Å². The predicted octanol–water partition coefficient (Wildman–Crippen LogP) is 7.71. The van der Waals surface area contributed by atoms with Gasteiger partial charge in [0.15, 0.2) is 24.6 Å². The molecule has 3 amide bonds. The lowest BCUT2D eigenvalue weighted by atomic mass is 9.98. The van der Waals surface area contributed by atoms with Crippen LogP contribution in [0.1, 0.15) is 17.3 Å². The number of amides is 3. The molecule has 5 atom stereocenters. The van der Waals surface area contributed by atoms with Crippen LogP contribution in [-0.4, -0.2) is 80.4 Å². The van der Waals surface area contributed by atoms with Crippen LogP contribution >= 0.6 is 0 Å². The van der Waals surface area contributed by atoms with E-state index in [0.717, 1.165) is 11.1 Å². The van der Waals surface area contributed by atoms with Gasteiger partial charge in [0.25, 0.3) is 0 Å². The SMILES string of the molecule is CCOC(=O)c1ccc(NC(=O)O[C@H]2[C@H](OC(=O)Nc3ccccc3-c3ccccc3)[C@H](OC(=O)Nc3ccccc3-c3ccccc3)[C@@H](OC)O[C@@H]2CO)cc1. The van der Waals surface area contributed by atoms with Crippen molar-refractivity contribution in [2.45, 2.75) is 37.6 Å². The molecule has 0 saturated carbocycles. The van der Waals surface area contributed by atoms with E-state index in [1.54, 1.807) is 31.2 Å². The highest BCUT2D eigenvalue weighted by Crippen LogP contribution is 2.33. The van der Waals surface area contributed by atoms with Gasteiger partial charge in [0.05, 0.1) is 30.2 Å². The Morgan fingerprint density at radius 1 is 0.596 bits per heavy atom. The molecule has 57 heavy (non-hydrogen) atoms. The quantitative estimate of drug-likeness (QED) is 0.0720. The molecule has 6 rings (SSSR count). The van der Waals surface area contributed by atoms with E-state index in [1.165, 1.54) is 31.4 Å². The lowest BCUT2D eigenvalue weighted by Crippen LogP contribution is -2.63. The molecule has 14 heteroatoms. The Morgan fingerprint density at radius 2 is 1.07 bits per heavy atom. The molecule has 1 fully saturated rings. The third-order valence-corrected chi connectivity index (χ3v) is 8.87. The lowest BCUT2D eigenvalue weighted by molar-refractivity contribution is -0.290. The Kier molecular flexibility index (Phi) is 13.5. The minimum Gasteiger partial charge on any atom is -0.462 e. The number of esters is 1. The molecule has 0 bridgehead atoms. The molecule has 0 radical (unpaired) electrons. The zero-order valence-corrected chi connectivity index (χ0v) is 31.0. The molecule has 14 nitrogen and oxygen atoms in total. The largest absolute Gasteiger partial charge is 0.462 e. The monoisotopic (exact) mass is 775 g/mol. The van der Waals surface area contributed by atoms with Crippen LogP contribution in [0.25, 0.3) is 22.3 Å². The third-order valence-electron chi connectivity index (χ3n) is 8.87. The van der Waals surface area contributed by atoms with Crippen molar-refractivity contribution < 1.29 is 52.7 Å². The molecule has 0 unspecified atom stereocenters. The summed E-state index contributed by atoms with van der Waals surface area (Å²) in [5.41, 5.74) is 4.38. The van der Waals surface area contributed by atoms with Crippen molar-refractivity contribution in [2.75, 3.05) is 36.3 Å². The summed E-state index contributed by atoms with van der Waals surface area (Å²) in [4.78, 5) is 53.0. The normalized spacial score (nSPS) is 18.7. The Bertz CT molecular complexity index is 2130. The zero-order chi connectivity index (χ0) is 40.1. The van der Waals surface area contributed by atoms with Crippen LogP contribution in [-0.2, 0) is 28.4 Å². The van der Waals surface area contributed by atoms with Gasteiger partial charge in [-0.05, 0) is 54.4 Å². The number of hydrogen-bond donors (Lipinski definition) is 4. The van der Waals surface area contributed by atoms with Gasteiger partial charge in [-0.15, -0.1) is 0 Å². The van der Waals surface area contributed by atoms with Gasteiger partial charge in [0.2, 0.25) is 0 Å². The number of hydrogen-bond acceptors (Lipinski definition) is 11. The van der Waals surface area contributed by atoms with Gasteiger partial charge < -0.3 is 33.5 Å². The van der Waals surface area contributed by atoms with E-state index in [9.17, 15) is 24.3 Å². The van der Waals surface area contributed by atoms with Crippen LogP contribution in [0.15, 0.2) is 133 Å². The number of ether oxygens (including phenoxy) is 6. The van der Waals surface area contributed by atoms with Crippen LogP contribution in [0.5, 0.6) is 0 Å². The minimum atomic E-state index is -1.60. The minimum absolute atomic E-state index is 0.193. The first-order valence-electron chi connectivity index (χ1n) is 18.1. The van der Waals surface area contributed by atoms with Crippen molar-refractivity contribution in [1.82, 2.24) is 0 Å². The van der Waals surface area contributed by atoms with Gasteiger partial charge in [-0.1, -0.05) is 97.1 Å². The van der Waals surface area contributed by atoms with E-state index in [0.29, 0.717) is 22.5 Å². The van der Waals surface area contributed by atoms with Crippen LogP contribution in [0.3, 0.4) is 0 Å². The van der Waals surface area contributed by atoms with Gasteiger partial charge >= 0.3 is 24.2 Å². The number of benzene rings is 5. The van der Waals surface area contributed by atoms with Crippen molar-refractivity contribution in [1.29, 1.82) is 0 Å². The van der Waals surface area contributed by atoms with Gasteiger partial charge in [0.1, 0.15) is 6.10 Å². The molecule has 4 N–H and O–H groups in total. The number of anilines is 3. The Labute approximate surface area is 328 Å². The van der Waals surface area contributed by atoms with Crippen molar-refractivity contribution in [3.05, 3.63) is 139 Å². The highest BCUT2D eigenvalue weighted by molar-refractivity contribution is 5.93. The molecular formula is C43H41N3O11. The molecule has 0 aromatic heterocycles. The van der Waals surface area contributed by atoms with Crippen molar-refractivity contribution in [3.8, 4) is 22.3 Å². The Hall–Kier alpha value is -6.74. The average Bonchev–Trinajstić information content (AvgIpc) is 3.23. The molecule has 1 aliphatic rings. The van der Waals surface area contributed by atoms with E-state index < -0.39 is 61.6 Å². The topological polar surface area (TPSA) is 180 Å². The maximum absolute atomic E-state index is 13.8. The number of rotatable bonds is 12. The molecule has 0 spiro atoms. The number of methoxy groups -OCH3 is 1. The molecule has 1 saturated heterocycles. The average molecular weight is 776 g/mol. The predicted molar refractivity (Wildman–Crippen MR) is 211 cm³/mol. The molecule has 5 aromatic rings. The van der Waals surface area contributed by atoms with E-state index in [4.69, 9.17) is 28.4 Å². The van der Waals surface area contributed by atoms with E-state index in [-0.39, 0.29) is 17.9 Å². The van der Waals surface area contributed by atoms with Crippen LogP contribution in [0.4, 0.5) is 31.4 Å². The number of para-hydroxylation sites is 2. The summed E-state index contributed by atoms with van der Waals surface area (Å²) in [6.07, 6.45) is -10.4. The Morgan fingerprint density at radius 3 is 1.58 bits per heavy atom. The van der Waals surface area contributed by atoms with E-state index in [1.807, 2.05) is 84.9 Å². The maximum atomic E-state index is 13.8. The molecule has 5 aromatic carbocycles. The van der Waals surface area contributed by atoms with Gasteiger partial charge in [-0.25, -0.2) is 19.2 Å².